The van der Waals surface area contributed by atoms with E-state index >= 15 is 0 Å². The first-order valence-electron chi connectivity index (χ1n) is 9.60. The van der Waals surface area contributed by atoms with E-state index in [9.17, 15) is 5.26 Å². The quantitative estimate of drug-likeness (QED) is 0.652. The molecule has 3 atom stereocenters. The molecule has 0 spiro atoms. The predicted octanol–water partition coefficient (Wildman–Crippen LogP) is 5.04. The molecule has 0 unspecified atom stereocenters. The van der Waals surface area contributed by atoms with Crippen molar-refractivity contribution in [3.63, 3.8) is 0 Å². The van der Waals surface area contributed by atoms with Gasteiger partial charge >= 0.3 is 0 Å². The van der Waals surface area contributed by atoms with Gasteiger partial charge in [0.2, 0.25) is 0 Å². The molecule has 1 aliphatic carbocycles. The van der Waals surface area contributed by atoms with Crippen LogP contribution in [0.15, 0.2) is 61.2 Å². The zero-order valence-electron chi connectivity index (χ0n) is 16.1. The molecule has 0 bridgehead atoms. The van der Waals surface area contributed by atoms with Crippen molar-refractivity contribution in [1.29, 1.82) is 5.26 Å². The molecule has 1 aromatic carbocycles. The maximum absolute atomic E-state index is 9.30. The van der Waals surface area contributed by atoms with Crippen molar-refractivity contribution >= 4 is 6.08 Å². The number of rotatable bonds is 3. The second kappa shape index (κ2) is 7.74. The maximum atomic E-state index is 9.30. The van der Waals surface area contributed by atoms with E-state index in [0.29, 0.717) is 23.3 Å². The number of nitrogens with zero attached hydrogens (tertiary/aromatic N) is 4. The highest BCUT2D eigenvalue weighted by atomic mass is 14.8. The van der Waals surface area contributed by atoms with Crippen LogP contribution in [0.2, 0.25) is 0 Å². The van der Waals surface area contributed by atoms with Gasteiger partial charge in [-0.15, -0.1) is 0 Å². The lowest BCUT2D eigenvalue weighted by Crippen LogP contribution is -2.25. The summed E-state index contributed by atoms with van der Waals surface area (Å²) in [4.78, 5) is 13.3. The van der Waals surface area contributed by atoms with Crippen molar-refractivity contribution in [1.82, 2.24) is 15.0 Å². The standard InChI is InChI=1S/C24H22N4/c1-16-11-24-23(14-26-15-28-24)21(17(16)2)10-9-20-8-7-19(13-27-20)22-6-4-3-5-18(22)12-25/h3-10,13-17,21H,11H2,1-2H3/b10-9+/t16-,17+,21-/m0/s1. The highest BCUT2D eigenvalue weighted by Crippen LogP contribution is 2.39. The van der Waals surface area contributed by atoms with Crippen LogP contribution in [0.3, 0.4) is 0 Å². The second-order valence-electron chi connectivity index (χ2n) is 7.48. The van der Waals surface area contributed by atoms with Gasteiger partial charge in [-0.05, 0) is 42.0 Å². The third kappa shape index (κ3) is 3.44. The molecule has 3 aromatic rings. The number of pyridine rings is 1. The summed E-state index contributed by atoms with van der Waals surface area (Å²) in [6.07, 6.45) is 10.7. The van der Waals surface area contributed by atoms with Crippen LogP contribution >= 0.6 is 0 Å². The van der Waals surface area contributed by atoms with Gasteiger partial charge < -0.3 is 0 Å². The van der Waals surface area contributed by atoms with Gasteiger partial charge in [-0.2, -0.15) is 5.26 Å². The molecule has 4 rings (SSSR count). The van der Waals surface area contributed by atoms with Crippen molar-refractivity contribution in [2.75, 3.05) is 0 Å². The van der Waals surface area contributed by atoms with Gasteiger partial charge in [-0.3, -0.25) is 4.98 Å². The first kappa shape index (κ1) is 18.1. The van der Waals surface area contributed by atoms with Crippen LogP contribution in [0.1, 0.15) is 42.3 Å². The number of hydrogen-bond donors (Lipinski definition) is 0. The average molecular weight is 366 g/mol. The van der Waals surface area contributed by atoms with E-state index in [1.165, 1.54) is 5.56 Å². The first-order valence-corrected chi connectivity index (χ1v) is 9.60. The van der Waals surface area contributed by atoms with Gasteiger partial charge in [0.15, 0.2) is 0 Å². The van der Waals surface area contributed by atoms with Gasteiger partial charge in [0.25, 0.3) is 0 Å². The Kier molecular flexibility index (Phi) is 4.99. The Balaban J connectivity index is 1.60. The van der Waals surface area contributed by atoms with Gasteiger partial charge in [-0.25, -0.2) is 9.97 Å². The van der Waals surface area contributed by atoms with E-state index < -0.39 is 0 Å². The van der Waals surface area contributed by atoms with Crippen LogP contribution in [0, 0.1) is 23.2 Å². The summed E-state index contributed by atoms with van der Waals surface area (Å²) in [7, 11) is 0. The minimum Gasteiger partial charge on any atom is -0.256 e. The molecular formula is C24H22N4. The molecule has 0 saturated heterocycles. The Hall–Kier alpha value is -3.32. The largest absolute Gasteiger partial charge is 0.256 e. The maximum Gasteiger partial charge on any atom is 0.115 e. The highest BCUT2D eigenvalue weighted by Gasteiger charge is 2.30. The van der Waals surface area contributed by atoms with Crippen molar-refractivity contribution in [2.45, 2.75) is 26.2 Å². The molecule has 2 aromatic heterocycles. The van der Waals surface area contributed by atoms with E-state index in [0.717, 1.165) is 28.9 Å². The monoisotopic (exact) mass is 366 g/mol. The fourth-order valence-electron chi connectivity index (χ4n) is 3.92. The summed E-state index contributed by atoms with van der Waals surface area (Å²) in [5.74, 6) is 1.40. The van der Waals surface area contributed by atoms with Crippen molar-refractivity contribution in [2.24, 2.45) is 11.8 Å². The predicted molar refractivity (Wildman–Crippen MR) is 110 cm³/mol. The van der Waals surface area contributed by atoms with Crippen molar-refractivity contribution in [3.8, 4) is 17.2 Å². The summed E-state index contributed by atoms with van der Waals surface area (Å²) in [5, 5.41) is 9.30. The fourth-order valence-corrected chi connectivity index (χ4v) is 3.92. The van der Waals surface area contributed by atoms with E-state index in [-0.39, 0.29) is 0 Å². The molecule has 28 heavy (non-hydrogen) atoms. The van der Waals surface area contributed by atoms with Crippen LogP contribution < -0.4 is 0 Å². The lowest BCUT2D eigenvalue weighted by Gasteiger charge is -2.33. The minimum absolute atomic E-state index is 0.292. The summed E-state index contributed by atoms with van der Waals surface area (Å²) in [6.45, 7) is 4.58. The fraction of sp³-hybridized carbons (Fsp3) is 0.250. The molecule has 0 radical (unpaired) electrons. The zero-order valence-corrected chi connectivity index (χ0v) is 16.1. The molecule has 2 heterocycles. The number of allylic oxidation sites excluding steroid dienone is 1. The van der Waals surface area contributed by atoms with E-state index in [4.69, 9.17) is 0 Å². The molecule has 138 valence electrons. The topological polar surface area (TPSA) is 62.5 Å². The molecule has 4 heteroatoms. The summed E-state index contributed by atoms with van der Waals surface area (Å²) >= 11 is 0. The first-order chi connectivity index (χ1) is 13.7. The van der Waals surface area contributed by atoms with E-state index in [1.807, 2.05) is 48.8 Å². The minimum atomic E-state index is 0.292. The normalized spacial score (nSPS) is 21.2. The second-order valence-corrected chi connectivity index (χ2v) is 7.48. The third-order valence-corrected chi connectivity index (χ3v) is 5.78. The zero-order chi connectivity index (χ0) is 19.5. The Labute approximate surface area is 165 Å². The van der Waals surface area contributed by atoms with Gasteiger partial charge in [0, 0.05) is 35.1 Å². The highest BCUT2D eigenvalue weighted by molar-refractivity contribution is 5.70. The number of aromatic nitrogens is 3. The number of benzene rings is 1. The number of nitriles is 1. The van der Waals surface area contributed by atoms with E-state index in [2.05, 4.69) is 47.0 Å². The molecule has 0 aliphatic heterocycles. The van der Waals surface area contributed by atoms with Gasteiger partial charge in [-0.1, -0.05) is 44.2 Å². The molecule has 4 nitrogen and oxygen atoms in total. The molecule has 1 aliphatic rings. The van der Waals surface area contributed by atoms with Gasteiger partial charge in [0.05, 0.1) is 17.3 Å². The number of hydrogen-bond acceptors (Lipinski definition) is 4. The molecule has 0 saturated carbocycles. The van der Waals surface area contributed by atoms with E-state index in [1.54, 1.807) is 6.33 Å². The number of fused-ring (bicyclic) bond motifs is 1. The van der Waals surface area contributed by atoms with Gasteiger partial charge in [0.1, 0.15) is 6.33 Å². The Morgan fingerprint density at radius 3 is 2.71 bits per heavy atom. The smallest absolute Gasteiger partial charge is 0.115 e. The molecular weight excluding hydrogens is 344 g/mol. The van der Waals surface area contributed by atoms with Crippen LogP contribution in [-0.4, -0.2) is 15.0 Å². The molecule has 0 N–H and O–H groups in total. The SMILES string of the molecule is C[C@H]1[C@H](/C=C/c2ccc(-c3ccccc3C#N)cn2)c2cncnc2C[C@@H]1C. The molecule has 0 amide bonds. The average Bonchev–Trinajstić information content (AvgIpc) is 2.74. The summed E-state index contributed by atoms with van der Waals surface area (Å²) < 4.78 is 0. The third-order valence-electron chi connectivity index (χ3n) is 5.78. The van der Waals surface area contributed by atoms with Crippen LogP contribution in [0.5, 0.6) is 0 Å². The van der Waals surface area contributed by atoms with Crippen LogP contribution in [-0.2, 0) is 6.42 Å². The Morgan fingerprint density at radius 1 is 1.07 bits per heavy atom. The molecule has 0 fully saturated rings. The van der Waals surface area contributed by atoms with Crippen LogP contribution in [0.4, 0.5) is 0 Å². The summed E-state index contributed by atoms with van der Waals surface area (Å²) in [6, 6.07) is 13.9. The van der Waals surface area contributed by atoms with Crippen LogP contribution in [0.25, 0.3) is 17.2 Å². The Morgan fingerprint density at radius 2 is 1.93 bits per heavy atom. The lowest BCUT2D eigenvalue weighted by atomic mass is 9.72. The Bertz CT molecular complexity index is 1050. The summed E-state index contributed by atoms with van der Waals surface area (Å²) in [5.41, 5.74) is 5.81. The lowest BCUT2D eigenvalue weighted by molar-refractivity contribution is 0.326. The van der Waals surface area contributed by atoms with Crippen molar-refractivity contribution < 1.29 is 0 Å². The van der Waals surface area contributed by atoms with Crippen molar-refractivity contribution in [3.05, 3.63) is 83.7 Å².